The molecule has 0 saturated carbocycles. The van der Waals surface area contributed by atoms with Gasteiger partial charge in [0.05, 0.1) is 5.56 Å². The maximum Gasteiger partial charge on any atom is 0.338 e. The van der Waals surface area contributed by atoms with E-state index in [9.17, 15) is 4.79 Å². The average molecular weight is 332 g/mol. The molecule has 20 heavy (non-hydrogen) atoms. The molecule has 0 atom stereocenters. The number of anilines is 1. The van der Waals surface area contributed by atoms with Crippen LogP contribution in [0.15, 0.2) is 41.0 Å². The first kappa shape index (κ1) is 14.0. The minimum absolute atomic E-state index is 0.00840. The number of nitrogens with two attached hydrogens (primary N) is 1. The van der Waals surface area contributed by atoms with Crippen LogP contribution in [0.3, 0.4) is 0 Å². The van der Waals surface area contributed by atoms with Crippen LogP contribution in [-0.4, -0.2) is 11.0 Å². The van der Waals surface area contributed by atoms with Gasteiger partial charge in [-0.15, -0.1) is 0 Å². The highest BCUT2D eigenvalue weighted by Crippen LogP contribution is 2.21. The number of ether oxygens (including phenoxy) is 1. The Bertz CT molecular complexity index is 695. The Morgan fingerprint density at radius 2 is 2.25 bits per heavy atom. The standard InChI is InChI=1S/C14H10BrN3O2/c15-11-4-3-9(6-12(11)17)14(19)20-8-10-2-1-5-18-13(10)7-16/h1-6H,8,17H2. The third kappa shape index (κ3) is 3.13. The van der Waals surface area contributed by atoms with Crippen molar-refractivity contribution in [1.82, 2.24) is 4.98 Å². The van der Waals surface area contributed by atoms with Gasteiger partial charge >= 0.3 is 5.97 Å². The Morgan fingerprint density at radius 3 is 2.95 bits per heavy atom. The van der Waals surface area contributed by atoms with Crippen molar-refractivity contribution in [3.05, 3.63) is 57.8 Å². The van der Waals surface area contributed by atoms with Crippen molar-refractivity contribution in [1.29, 1.82) is 5.26 Å². The molecule has 100 valence electrons. The zero-order valence-corrected chi connectivity index (χ0v) is 11.9. The lowest BCUT2D eigenvalue weighted by Crippen LogP contribution is -2.07. The Morgan fingerprint density at radius 1 is 1.45 bits per heavy atom. The van der Waals surface area contributed by atoms with E-state index < -0.39 is 5.97 Å². The van der Waals surface area contributed by atoms with Crippen LogP contribution in [0.25, 0.3) is 0 Å². The fraction of sp³-hybridized carbons (Fsp3) is 0.0714. The van der Waals surface area contributed by atoms with E-state index in [2.05, 4.69) is 20.9 Å². The predicted molar refractivity (Wildman–Crippen MR) is 76.6 cm³/mol. The van der Waals surface area contributed by atoms with E-state index in [1.54, 1.807) is 24.3 Å². The van der Waals surface area contributed by atoms with Gasteiger partial charge in [0.25, 0.3) is 0 Å². The molecule has 0 aliphatic heterocycles. The van der Waals surface area contributed by atoms with Gasteiger partial charge in [0.15, 0.2) is 0 Å². The smallest absolute Gasteiger partial charge is 0.338 e. The molecular formula is C14H10BrN3O2. The third-order valence-electron chi connectivity index (χ3n) is 2.59. The normalized spacial score (nSPS) is 9.80. The predicted octanol–water partition coefficient (Wildman–Crippen LogP) is 2.65. The van der Waals surface area contributed by atoms with E-state index >= 15 is 0 Å². The molecular weight excluding hydrogens is 322 g/mol. The summed E-state index contributed by atoms with van der Waals surface area (Å²) in [5, 5.41) is 8.89. The van der Waals surface area contributed by atoms with Crippen LogP contribution in [0.1, 0.15) is 21.6 Å². The molecule has 0 spiro atoms. The summed E-state index contributed by atoms with van der Waals surface area (Å²) < 4.78 is 5.87. The van der Waals surface area contributed by atoms with Crippen molar-refractivity contribution < 1.29 is 9.53 Å². The van der Waals surface area contributed by atoms with Gasteiger partial charge in [0, 0.05) is 21.9 Å². The lowest BCUT2D eigenvalue weighted by molar-refractivity contribution is 0.0472. The number of aromatic nitrogens is 1. The maximum atomic E-state index is 11.9. The highest BCUT2D eigenvalue weighted by Gasteiger charge is 2.10. The fourth-order valence-corrected chi connectivity index (χ4v) is 1.80. The molecule has 1 aromatic carbocycles. The molecule has 0 unspecified atom stereocenters. The summed E-state index contributed by atoms with van der Waals surface area (Å²) in [7, 11) is 0. The highest BCUT2D eigenvalue weighted by atomic mass is 79.9. The number of nitrogen functional groups attached to an aromatic ring is 1. The van der Waals surface area contributed by atoms with Gasteiger partial charge in [-0.05, 0) is 40.2 Å². The SMILES string of the molecule is N#Cc1ncccc1COC(=O)c1ccc(Br)c(N)c1. The molecule has 5 nitrogen and oxygen atoms in total. The number of pyridine rings is 1. The highest BCUT2D eigenvalue weighted by molar-refractivity contribution is 9.10. The molecule has 0 bridgehead atoms. The molecule has 2 N–H and O–H groups in total. The number of hydrogen-bond acceptors (Lipinski definition) is 5. The number of esters is 1. The lowest BCUT2D eigenvalue weighted by Gasteiger charge is -2.07. The van der Waals surface area contributed by atoms with E-state index in [-0.39, 0.29) is 12.3 Å². The molecule has 0 fully saturated rings. The van der Waals surface area contributed by atoms with Crippen molar-refractivity contribution in [2.75, 3.05) is 5.73 Å². The fourth-order valence-electron chi connectivity index (χ4n) is 1.55. The molecule has 1 heterocycles. The number of nitrogens with zero attached hydrogens (tertiary/aromatic N) is 2. The first-order valence-corrected chi connectivity index (χ1v) is 6.47. The summed E-state index contributed by atoms with van der Waals surface area (Å²) in [5.74, 6) is -0.503. The second-order valence-electron chi connectivity index (χ2n) is 3.94. The summed E-state index contributed by atoms with van der Waals surface area (Å²) in [6, 6.07) is 10.1. The summed E-state index contributed by atoms with van der Waals surface area (Å²) in [6.45, 7) is -0.00840. The minimum Gasteiger partial charge on any atom is -0.457 e. The number of rotatable bonds is 3. The number of carbonyl (C=O) groups is 1. The second kappa shape index (κ2) is 6.17. The van der Waals surface area contributed by atoms with Gasteiger partial charge in [-0.3, -0.25) is 0 Å². The molecule has 1 aromatic heterocycles. The Hall–Kier alpha value is -2.39. The van der Waals surface area contributed by atoms with Gasteiger partial charge in [-0.25, -0.2) is 9.78 Å². The van der Waals surface area contributed by atoms with Crippen molar-refractivity contribution in [3.8, 4) is 6.07 Å². The molecule has 0 saturated heterocycles. The Balaban J connectivity index is 2.09. The van der Waals surface area contributed by atoms with E-state index in [1.807, 2.05) is 6.07 Å². The van der Waals surface area contributed by atoms with Crippen LogP contribution in [0.5, 0.6) is 0 Å². The molecule has 6 heteroatoms. The molecule has 0 amide bonds. The summed E-state index contributed by atoms with van der Waals surface area (Å²) in [6.07, 6.45) is 1.51. The molecule has 0 aliphatic rings. The van der Waals surface area contributed by atoms with Crippen LogP contribution < -0.4 is 5.73 Å². The van der Waals surface area contributed by atoms with E-state index in [0.29, 0.717) is 21.3 Å². The number of halogens is 1. The van der Waals surface area contributed by atoms with Crippen molar-refractivity contribution in [3.63, 3.8) is 0 Å². The third-order valence-corrected chi connectivity index (χ3v) is 3.31. The zero-order chi connectivity index (χ0) is 14.5. The van der Waals surface area contributed by atoms with Gasteiger partial charge < -0.3 is 10.5 Å². The van der Waals surface area contributed by atoms with E-state index in [4.69, 9.17) is 15.7 Å². The van der Waals surface area contributed by atoms with Crippen LogP contribution in [-0.2, 0) is 11.3 Å². The number of nitriles is 1. The van der Waals surface area contributed by atoms with Crippen molar-refractivity contribution >= 4 is 27.6 Å². The number of carbonyl (C=O) groups excluding carboxylic acids is 1. The van der Waals surface area contributed by atoms with Crippen LogP contribution in [0.4, 0.5) is 5.69 Å². The van der Waals surface area contributed by atoms with E-state index in [0.717, 1.165) is 0 Å². The monoisotopic (exact) mass is 331 g/mol. The zero-order valence-electron chi connectivity index (χ0n) is 10.3. The van der Waals surface area contributed by atoms with Crippen LogP contribution in [0, 0.1) is 11.3 Å². The first-order valence-electron chi connectivity index (χ1n) is 5.68. The molecule has 0 radical (unpaired) electrons. The van der Waals surface area contributed by atoms with Crippen LogP contribution >= 0.6 is 15.9 Å². The van der Waals surface area contributed by atoms with Gasteiger partial charge in [-0.2, -0.15) is 5.26 Å². The van der Waals surface area contributed by atoms with Gasteiger partial charge in [0.2, 0.25) is 0 Å². The summed E-state index contributed by atoms with van der Waals surface area (Å²) in [5.41, 5.74) is 7.32. The Kier molecular flexibility index (Phi) is 4.33. The van der Waals surface area contributed by atoms with Gasteiger partial charge in [-0.1, -0.05) is 6.07 Å². The molecule has 2 aromatic rings. The molecule has 2 rings (SSSR count). The minimum atomic E-state index is -0.503. The summed E-state index contributed by atoms with van der Waals surface area (Å²) in [4.78, 5) is 15.8. The quantitative estimate of drug-likeness (QED) is 0.689. The number of hydrogen-bond donors (Lipinski definition) is 1. The Labute approximate surface area is 124 Å². The largest absolute Gasteiger partial charge is 0.457 e. The summed E-state index contributed by atoms with van der Waals surface area (Å²) >= 11 is 3.25. The van der Waals surface area contributed by atoms with Crippen molar-refractivity contribution in [2.24, 2.45) is 0 Å². The second-order valence-corrected chi connectivity index (χ2v) is 4.79. The lowest BCUT2D eigenvalue weighted by atomic mass is 10.2. The van der Waals surface area contributed by atoms with Crippen LogP contribution in [0.2, 0.25) is 0 Å². The number of benzene rings is 1. The molecule has 0 aliphatic carbocycles. The average Bonchev–Trinajstić information content (AvgIpc) is 2.47. The van der Waals surface area contributed by atoms with Gasteiger partial charge in [0.1, 0.15) is 18.4 Å². The first-order chi connectivity index (χ1) is 9.61. The maximum absolute atomic E-state index is 11.9. The van der Waals surface area contributed by atoms with E-state index in [1.165, 1.54) is 12.3 Å². The van der Waals surface area contributed by atoms with Crippen molar-refractivity contribution in [2.45, 2.75) is 6.61 Å². The topological polar surface area (TPSA) is 89.0 Å².